The predicted molar refractivity (Wildman–Crippen MR) is 57.9 cm³/mol. The third-order valence-corrected chi connectivity index (χ3v) is 2.76. The van der Waals surface area contributed by atoms with Crippen LogP contribution in [0.25, 0.3) is 0 Å². The zero-order chi connectivity index (χ0) is 12.3. The molecule has 0 fully saturated rings. The average molecular weight is 294 g/mol. The molecule has 0 amide bonds. The van der Waals surface area contributed by atoms with Gasteiger partial charge in [-0.15, -0.1) is 0 Å². The maximum absolute atomic E-state index is 12.9. The molecule has 0 atom stereocenters. The van der Waals surface area contributed by atoms with Crippen LogP contribution in [0, 0.1) is 6.92 Å². The Labute approximate surface area is 99.9 Å². The number of alkyl halides is 3. The second-order valence-corrected chi connectivity index (χ2v) is 3.64. The van der Waals surface area contributed by atoms with E-state index in [1.807, 2.05) is 0 Å². The summed E-state index contributed by atoms with van der Waals surface area (Å²) < 4.78 is 30.2. The first kappa shape index (κ1) is 13.0. The minimum absolute atomic E-state index is 0.183. The fraction of sp³-hybridized carbons (Fsp3) is 0.400. The standard InChI is InChI=1S/C10H10BrF2NO2/c1-5-6(3-11)8(9(12)13)7(4-14-5)10(15)16-2/h4,9H,3H2,1-2H3. The van der Waals surface area contributed by atoms with E-state index in [2.05, 4.69) is 25.7 Å². The van der Waals surface area contributed by atoms with Crippen molar-refractivity contribution in [2.75, 3.05) is 7.11 Å². The van der Waals surface area contributed by atoms with Crippen molar-refractivity contribution in [3.8, 4) is 0 Å². The number of hydrogen-bond acceptors (Lipinski definition) is 3. The van der Waals surface area contributed by atoms with Gasteiger partial charge < -0.3 is 4.74 Å². The lowest BCUT2D eigenvalue weighted by atomic mass is 10.0. The summed E-state index contributed by atoms with van der Waals surface area (Å²) in [6.45, 7) is 1.61. The Morgan fingerprint density at radius 1 is 1.62 bits per heavy atom. The number of methoxy groups -OCH3 is 1. The molecule has 1 rings (SSSR count). The maximum atomic E-state index is 12.9. The number of pyridine rings is 1. The summed E-state index contributed by atoms with van der Waals surface area (Å²) in [6, 6.07) is 0. The Balaban J connectivity index is 3.45. The number of halogens is 3. The van der Waals surface area contributed by atoms with Crippen LogP contribution in [-0.2, 0) is 10.1 Å². The summed E-state index contributed by atoms with van der Waals surface area (Å²) in [5.74, 6) is -0.801. The first-order valence-electron chi connectivity index (χ1n) is 4.43. The number of carbonyl (C=O) groups is 1. The number of carbonyl (C=O) groups excluding carboxylic acids is 1. The zero-order valence-corrected chi connectivity index (χ0v) is 10.3. The topological polar surface area (TPSA) is 39.2 Å². The van der Waals surface area contributed by atoms with Gasteiger partial charge in [-0.3, -0.25) is 4.98 Å². The molecule has 0 saturated carbocycles. The van der Waals surface area contributed by atoms with E-state index in [0.717, 1.165) is 13.3 Å². The first-order chi connectivity index (χ1) is 7.52. The number of rotatable bonds is 3. The third-order valence-electron chi connectivity index (χ3n) is 2.20. The summed E-state index contributed by atoms with van der Waals surface area (Å²) in [5.41, 5.74) is 0.312. The van der Waals surface area contributed by atoms with Crippen molar-refractivity contribution >= 4 is 21.9 Å². The minimum atomic E-state index is -2.73. The van der Waals surface area contributed by atoms with Gasteiger partial charge in [0.2, 0.25) is 0 Å². The van der Waals surface area contributed by atoms with Gasteiger partial charge >= 0.3 is 5.97 Å². The molecule has 0 spiro atoms. The second-order valence-electron chi connectivity index (χ2n) is 3.08. The Morgan fingerprint density at radius 3 is 2.69 bits per heavy atom. The molecule has 1 heterocycles. The highest BCUT2D eigenvalue weighted by molar-refractivity contribution is 9.08. The van der Waals surface area contributed by atoms with E-state index >= 15 is 0 Å². The molecule has 6 heteroatoms. The largest absolute Gasteiger partial charge is 0.465 e. The molecule has 0 aliphatic carbocycles. The fourth-order valence-electron chi connectivity index (χ4n) is 1.36. The molecule has 0 N–H and O–H groups in total. The molecular weight excluding hydrogens is 284 g/mol. The van der Waals surface area contributed by atoms with Gasteiger partial charge in [-0.2, -0.15) is 0 Å². The summed E-state index contributed by atoms with van der Waals surface area (Å²) in [5, 5.41) is 0.219. The van der Waals surface area contributed by atoms with Gasteiger partial charge in [-0.1, -0.05) is 15.9 Å². The van der Waals surface area contributed by atoms with Crippen molar-refractivity contribution in [3.05, 3.63) is 28.6 Å². The molecule has 0 aromatic carbocycles. The predicted octanol–water partition coefficient (Wildman–Crippen LogP) is 3.01. The quantitative estimate of drug-likeness (QED) is 0.635. The van der Waals surface area contributed by atoms with E-state index in [0.29, 0.717) is 11.3 Å². The van der Waals surface area contributed by atoms with Crippen LogP contribution < -0.4 is 0 Å². The highest BCUT2D eigenvalue weighted by atomic mass is 79.9. The molecule has 0 saturated heterocycles. The van der Waals surface area contributed by atoms with Gasteiger partial charge in [-0.25, -0.2) is 13.6 Å². The second kappa shape index (κ2) is 5.34. The molecule has 0 unspecified atom stereocenters. The summed E-state index contributed by atoms with van der Waals surface area (Å²) in [6.07, 6.45) is -1.61. The molecular formula is C10H10BrF2NO2. The number of esters is 1. The molecule has 0 radical (unpaired) electrons. The van der Waals surface area contributed by atoms with Crippen molar-refractivity contribution in [1.82, 2.24) is 4.98 Å². The van der Waals surface area contributed by atoms with Gasteiger partial charge in [0.25, 0.3) is 6.43 Å². The van der Waals surface area contributed by atoms with Crippen LogP contribution in [0.2, 0.25) is 0 Å². The van der Waals surface area contributed by atoms with Crippen molar-refractivity contribution in [2.24, 2.45) is 0 Å². The van der Waals surface area contributed by atoms with Crippen LogP contribution >= 0.6 is 15.9 Å². The lowest BCUT2D eigenvalue weighted by Gasteiger charge is -2.12. The zero-order valence-electron chi connectivity index (χ0n) is 8.76. The number of nitrogens with zero attached hydrogens (tertiary/aromatic N) is 1. The maximum Gasteiger partial charge on any atom is 0.339 e. The number of aromatic nitrogens is 1. The molecule has 16 heavy (non-hydrogen) atoms. The molecule has 88 valence electrons. The van der Waals surface area contributed by atoms with Gasteiger partial charge in [0.1, 0.15) is 0 Å². The van der Waals surface area contributed by atoms with E-state index in [4.69, 9.17) is 0 Å². The lowest BCUT2D eigenvalue weighted by molar-refractivity contribution is 0.0588. The Morgan fingerprint density at radius 2 is 2.25 bits per heavy atom. The fourth-order valence-corrected chi connectivity index (χ4v) is 2.06. The van der Waals surface area contributed by atoms with Crippen molar-refractivity contribution in [2.45, 2.75) is 18.7 Å². The van der Waals surface area contributed by atoms with E-state index in [1.165, 1.54) is 0 Å². The Bertz CT molecular complexity index is 410. The number of aryl methyl sites for hydroxylation is 1. The van der Waals surface area contributed by atoms with Gasteiger partial charge in [0, 0.05) is 22.8 Å². The summed E-state index contributed by atoms with van der Waals surface area (Å²) in [4.78, 5) is 15.2. The van der Waals surface area contributed by atoms with E-state index in [9.17, 15) is 13.6 Å². The minimum Gasteiger partial charge on any atom is -0.465 e. The molecule has 0 aliphatic heterocycles. The van der Waals surface area contributed by atoms with Crippen LogP contribution in [0.5, 0.6) is 0 Å². The third kappa shape index (κ3) is 2.37. The Hall–Kier alpha value is -1.04. The molecule has 0 bridgehead atoms. The monoisotopic (exact) mass is 293 g/mol. The van der Waals surface area contributed by atoms with E-state index in [1.54, 1.807) is 6.92 Å². The van der Waals surface area contributed by atoms with Crippen LogP contribution in [0.15, 0.2) is 6.20 Å². The highest BCUT2D eigenvalue weighted by Crippen LogP contribution is 2.29. The normalized spacial score (nSPS) is 10.6. The number of ether oxygens (including phenoxy) is 1. The van der Waals surface area contributed by atoms with E-state index < -0.39 is 12.4 Å². The number of hydrogen-bond donors (Lipinski definition) is 0. The van der Waals surface area contributed by atoms with Crippen LogP contribution in [-0.4, -0.2) is 18.1 Å². The van der Waals surface area contributed by atoms with Gasteiger partial charge in [0.15, 0.2) is 0 Å². The average Bonchev–Trinajstić information content (AvgIpc) is 2.27. The lowest BCUT2D eigenvalue weighted by Crippen LogP contribution is -2.11. The SMILES string of the molecule is COC(=O)c1cnc(C)c(CBr)c1C(F)F. The van der Waals surface area contributed by atoms with Crippen molar-refractivity contribution in [3.63, 3.8) is 0 Å². The highest BCUT2D eigenvalue weighted by Gasteiger charge is 2.24. The molecule has 1 aromatic rings. The van der Waals surface area contributed by atoms with Gasteiger partial charge in [0.05, 0.1) is 12.7 Å². The Kier molecular flexibility index (Phi) is 4.35. The van der Waals surface area contributed by atoms with Crippen LogP contribution in [0.1, 0.15) is 33.6 Å². The van der Waals surface area contributed by atoms with Crippen molar-refractivity contribution < 1.29 is 18.3 Å². The molecule has 0 aliphatic rings. The van der Waals surface area contributed by atoms with Crippen molar-refractivity contribution in [1.29, 1.82) is 0 Å². The van der Waals surface area contributed by atoms with E-state index in [-0.39, 0.29) is 16.5 Å². The summed E-state index contributed by atoms with van der Waals surface area (Å²) >= 11 is 3.11. The molecule has 1 aromatic heterocycles. The molecule has 3 nitrogen and oxygen atoms in total. The smallest absolute Gasteiger partial charge is 0.339 e. The summed E-state index contributed by atoms with van der Waals surface area (Å²) in [7, 11) is 1.14. The van der Waals surface area contributed by atoms with Crippen LogP contribution in [0.3, 0.4) is 0 Å². The van der Waals surface area contributed by atoms with Crippen LogP contribution in [0.4, 0.5) is 8.78 Å². The first-order valence-corrected chi connectivity index (χ1v) is 5.55. The van der Waals surface area contributed by atoms with Gasteiger partial charge in [-0.05, 0) is 12.5 Å².